The Morgan fingerprint density at radius 3 is 2.32 bits per heavy atom. The molecule has 0 saturated carbocycles. The fraction of sp³-hybridized carbons (Fsp3) is 0.222. The standard InChI is InChI=1S/C18H18F2N2O5S/c1-11-3-6-14(7-4-11)28(25,26)22-12(2)18(24)27-10-17(23)21-13-5-8-15(19)16(20)9-13/h3-9,12,22H,10H2,1-2H3,(H,21,23)/t12-/m0/s1. The van der Waals surface area contributed by atoms with E-state index in [1.165, 1.54) is 19.1 Å². The van der Waals surface area contributed by atoms with Crippen molar-refractivity contribution in [3.63, 3.8) is 0 Å². The Morgan fingerprint density at radius 2 is 1.71 bits per heavy atom. The van der Waals surface area contributed by atoms with Crippen LogP contribution in [0.1, 0.15) is 12.5 Å². The summed E-state index contributed by atoms with van der Waals surface area (Å²) < 4.78 is 57.3. The predicted octanol–water partition coefficient (Wildman–Crippen LogP) is 2.12. The third kappa shape index (κ3) is 5.83. The van der Waals surface area contributed by atoms with E-state index in [2.05, 4.69) is 10.0 Å². The zero-order valence-electron chi connectivity index (χ0n) is 15.0. The lowest BCUT2D eigenvalue weighted by Gasteiger charge is -2.14. The molecule has 0 unspecified atom stereocenters. The summed E-state index contributed by atoms with van der Waals surface area (Å²) in [6.07, 6.45) is 0. The quantitative estimate of drug-likeness (QED) is 0.679. The molecule has 0 aliphatic heterocycles. The molecular formula is C18H18F2N2O5S. The van der Waals surface area contributed by atoms with Crippen LogP contribution in [0.5, 0.6) is 0 Å². The number of esters is 1. The van der Waals surface area contributed by atoms with Gasteiger partial charge in [-0.2, -0.15) is 4.72 Å². The number of nitrogens with one attached hydrogen (secondary N) is 2. The maximum Gasteiger partial charge on any atom is 0.324 e. The molecule has 150 valence electrons. The first kappa shape index (κ1) is 21.5. The number of hydrogen-bond acceptors (Lipinski definition) is 5. The van der Waals surface area contributed by atoms with Crippen molar-refractivity contribution in [2.75, 3.05) is 11.9 Å². The van der Waals surface area contributed by atoms with Crippen LogP contribution in [0.4, 0.5) is 14.5 Å². The third-order valence-electron chi connectivity index (χ3n) is 3.57. The average Bonchev–Trinajstić information content (AvgIpc) is 2.62. The van der Waals surface area contributed by atoms with Gasteiger partial charge in [-0.15, -0.1) is 0 Å². The highest BCUT2D eigenvalue weighted by atomic mass is 32.2. The molecule has 0 spiro atoms. The smallest absolute Gasteiger partial charge is 0.324 e. The molecular weight excluding hydrogens is 394 g/mol. The van der Waals surface area contributed by atoms with Crippen LogP contribution in [0, 0.1) is 18.6 Å². The lowest BCUT2D eigenvalue weighted by molar-refractivity contribution is -0.148. The first-order chi connectivity index (χ1) is 13.1. The molecule has 2 aromatic rings. The summed E-state index contributed by atoms with van der Waals surface area (Å²) in [5.74, 6) is -3.99. The highest BCUT2D eigenvalue weighted by Crippen LogP contribution is 2.13. The van der Waals surface area contributed by atoms with E-state index in [4.69, 9.17) is 4.74 Å². The number of halogens is 2. The van der Waals surface area contributed by atoms with E-state index in [9.17, 15) is 26.8 Å². The summed E-state index contributed by atoms with van der Waals surface area (Å²) in [4.78, 5) is 23.6. The number of hydrogen-bond donors (Lipinski definition) is 2. The number of carbonyl (C=O) groups excluding carboxylic acids is 2. The molecule has 0 saturated heterocycles. The fourth-order valence-electron chi connectivity index (χ4n) is 2.10. The number of aryl methyl sites for hydroxylation is 1. The molecule has 28 heavy (non-hydrogen) atoms. The van der Waals surface area contributed by atoms with E-state index < -0.39 is 46.2 Å². The summed E-state index contributed by atoms with van der Waals surface area (Å²) in [5, 5.41) is 2.22. The summed E-state index contributed by atoms with van der Waals surface area (Å²) >= 11 is 0. The van der Waals surface area contributed by atoms with Gasteiger partial charge in [-0.05, 0) is 38.1 Å². The van der Waals surface area contributed by atoms with Gasteiger partial charge in [-0.25, -0.2) is 17.2 Å². The Hall–Kier alpha value is -2.85. The molecule has 0 aromatic heterocycles. The first-order valence-corrected chi connectivity index (χ1v) is 9.57. The highest BCUT2D eigenvalue weighted by molar-refractivity contribution is 7.89. The summed E-state index contributed by atoms with van der Waals surface area (Å²) in [6, 6.07) is 7.50. The molecule has 0 bridgehead atoms. The van der Waals surface area contributed by atoms with Crippen LogP contribution in [0.3, 0.4) is 0 Å². The monoisotopic (exact) mass is 412 g/mol. The molecule has 2 aromatic carbocycles. The van der Waals surface area contributed by atoms with Gasteiger partial charge in [0.2, 0.25) is 10.0 Å². The predicted molar refractivity (Wildman–Crippen MR) is 96.9 cm³/mol. The Balaban J connectivity index is 1.88. The van der Waals surface area contributed by atoms with Gasteiger partial charge in [0.15, 0.2) is 18.2 Å². The second-order valence-electron chi connectivity index (χ2n) is 5.94. The summed E-state index contributed by atoms with van der Waals surface area (Å²) in [6.45, 7) is 2.34. The van der Waals surface area contributed by atoms with Crippen LogP contribution in [0.25, 0.3) is 0 Å². The highest BCUT2D eigenvalue weighted by Gasteiger charge is 2.23. The van der Waals surface area contributed by atoms with Crippen molar-refractivity contribution in [3.8, 4) is 0 Å². The van der Waals surface area contributed by atoms with Crippen LogP contribution in [0.2, 0.25) is 0 Å². The molecule has 0 aliphatic rings. The van der Waals surface area contributed by atoms with Crippen LogP contribution >= 0.6 is 0 Å². The van der Waals surface area contributed by atoms with Crippen molar-refractivity contribution in [3.05, 3.63) is 59.7 Å². The second kappa shape index (κ2) is 8.89. The van der Waals surface area contributed by atoms with Crippen molar-refractivity contribution in [1.29, 1.82) is 0 Å². The molecule has 7 nitrogen and oxygen atoms in total. The Kier molecular flexibility index (Phi) is 6.81. The average molecular weight is 412 g/mol. The SMILES string of the molecule is Cc1ccc(S(=O)(=O)N[C@@H](C)C(=O)OCC(=O)Nc2ccc(F)c(F)c2)cc1. The molecule has 0 heterocycles. The van der Waals surface area contributed by atoms with Crippen molar-refractivity contribution < 1.29 is 31.5 Å². The van der Waals surface area contributed by atoms with E-state index in [0.29, 0.717) is 0 Å². The topological polar surface area (TPSA) is 102 Å². The van der Waals surface area contributed by atoms with Crippen LogP contribution in [-0.2, 0) is 24.3 Å². The lowest BCUT2D eigenvalue weighted by Crippen LogP contribution is -2.40. The number of ether oxygens (including phenoxy) is 1. The fourth-order valence-corrected chi connectivity index (χ4v) is 3.29. The molecule has 0 aliphatic carbocycles. The molecule has 0 fully saturated rings. The van der Waals surface area contributed by atoms with E-state index in [1.54, 1.807) is 19.1 Å². The van der Waals surface area contributed by atoms with Crippen molar-refractivity contribution in [1.82, 2.24) is 4.72 Å². The second-order valence-corrected chi connectivity index (χ2v) is 7.65. The van der Waals surface area contributed by atoms with Gasteiger partial charge in [0.25, 0.3) is 5.91 Å². The molecule has 0 radical (unpaired) electrons. The Morgan fingerprint density at radius 1 is 1.07 bits per heavy atom. The number of carbonyl (C=O) groups is 2. The zero-order chi connectivity index (χ0) is 20.9. The zero-order valence-corrected chi connectivity index (χ0v) is 15.8. The van der Waals surface area contributed by atoms with Crippen molar-refractivity contribution in [2.45, 2.75) is 24.8 Å². The summed E-state index contributed by atoms with van der Waals surface area (Å²) in [5.41, 5.74) is 0.853. The molecule has 10 heteroatoms. The lowest BCUT2D eigenvalue weighted by atomic mass is 10.2. The Bertz CT molecular complexity index is 978. The van der Waals surface area contributed by atoms with Crippen LogP contribution < -0.4 is 10.0 Å². The number of anilines is 1. The Labute approximate surface area is 160 Å². The molecule has 1 atom stereocenters. The largest absolute Gasteiger partial charge is 0.454 e. The minimum absolute atomic E-state index is 0.0196. The molecule has 2 rings (SSSR count). The normalized spacial score (nSPS) is 12.3. The van der Waals surface area contributed by atoms with Gasteiger partial charge in [-0.1, -0.05) is 17.7 Å². The van der Waals surface area contributed by atoms with Gasteiger partial charge in [0.05, 0.1) is 4.90 Å². The number of rotatable bonds is 7. The number of amides is 1. The maximum atomic E-state index is 13.1. The third-order valence-corrected chi connectivity index (χ3v) is 5.12. The number of benzene rings is 2. The van der Waals surface area contributed by atoms with Gasteiger partial charge in [-0.3, -0.25) is 9.59 Å². The minimum atomic E-state index is -3.95. The number of sulfonamides is 1. The maximum absolute atomic E-state index is 13.1. The molecule has 2 N–H and O–H groups in total. The minimum Gasteiger partial charge on any atom is -0.454 e. The van der Waals surface area contributed by atoms with E-state index in [1.807, 2.05) is 0 Å². The van der Waals surface area contributed by atoms with Crippen molar-refractivity contribution >= 4 is 27.6 Å². The van der Waals surface area contributed by atoms with Crippen LogP contribution in [0.15, 0.2) is 47.4 Å². The molecule has 1 amide bonds. The first-order valence-electron chi connectivity index (χ1n) is 8.09. The van der Waals surface area contributed by atoms with E-state index in [0.717, 1.165) is 23.8 Å². The van der Waals surface area contributed by atoms with Gasteiger partial charge >= 0.3 is 5.97 Å². The van der Waals surface area contributed by atoms with Gasteiger partial charge in [0, 0.05) is 11.8 Å². The van der Waals surface area contributed by atoms with Crippen LogP contribution in [-0.4, -0.2) is 32.9 Å². The van der Waals surface area contributed by atoms with E-state index >= 15 is 0 Å². The van der Waals surface area contributed by atoms with E-state index in [-0.39, 0.29) is 10.6 Å². The van der Waals surface area contributed by atoms with Gasteiger partial charge in [0.1, 0.15) is 6.04 Å². The summed E-state index contributed by atoms with van der Waals surface area (Å²) in [7, 11) is -3.95. The van der Waals surface area contributed by atoms with Crippen molar-refractivity contribution in [2.24, 2.45) is 0 Å². The van der Waals surface area contributed by atoms with Gasteiger partial charge < -0.3 is 10.1 Å².